The molecule has 1 fully saturated rings. The van der Waals surface area contributed by atoms with E-state index in [1.165, 1.54) is 0 Å². The molecule has 1 aliphatic rings. The van der Waals surface area contributed by atoms with Crippen molar-refractivity contribution in [3.63, 3.8) is 0 Å². The van der Waals surface area contributed by atoms with Crippen LogP contribution in [0.3, 0.4) is 0 Å². The predicted molar refractivity (Wildman–Crippen MR) is 136 cm³/mol. The van der Waals surface area contributed by atoms with Crippen LogP contribution < -0.4 is 14.8 Å². The van der Waals surface area contributed by atoms with Crippen molar-refractivity contribution in [2.24, 2.45) is 5.92 Å². The second-order valence-electron chi connectivity index (χ2n) is 8.91. The molecule has 1 amide bonds. The molecule has 10 heteroatoms. The molecule has 186 valence electrons. The molecule has 1 N–H and O–H groups in total. The third-order valence-corrected chi connectivity index (χ3v) is 7.55. The number of halogens is 1. The average Bonchev–Trinajstić information content (AvgIpc) is 3.40. The van der Waals surface area contributed by atoms with E-state index in [1.54, 1.807) is 35.0 Å². The number of hydrogen-bond acceptors (Lipinski definition) is 6. The fourth-order valence-electron chi connectivity index (χ4n) is 3.74. The van der Waals surface area contributed by atoms with Gasteiger partial charge in [-0.15, -0.1) is 0 Å². The number of ether oxygens (including phenoxy) is 2. The van der Waals surface area contributed by atoms with Crippen molar-refractivity contribution in [1.29, 1.82) is 0 Å². The summed E-state index contributed by atoms with van der Waals surface area (Å²) in [5.41, 5.74) is 1.44. The molecule has 0 saturated carbocycles. The number of anilines is 1. The van der Waals surface area contributed by atoms with Gasteiger partial charge in [0.05, 0.1) is 34.9 Å². The van der Waals surface area contributed by atoms with E-state index >= 15 is 0 Å². The van der Waals surface area contributed by atoms with Gasteiger partial charge in [0, 0.05) is 11.6 Å². The Morgan fingerprint density at radius 2 is 1.91 bits per heavy atom. The van der Waals surface area contributed by atoms with Crippen LogP contribution in [0.25, 0.3) is 11.3 Å². The molecule has 4 rings (SSSR count). The Morgan fingerprint density at radius 3 is 2.57 bits per heavy atom. The molecule has 1 aromatic heterocycles. The lowest BCUT2D eigenvalue weighted by Crippen LogP contribution is -2.23. The minimum atomic E-state index is -3.14. The van der Waals surface area contributed by atoms with Gasteiger partial charge in [-0.2, -0.15) is 5.10 Å². The number of benzene rings is 2. The molecule has 1 saturated heterocycles. The van der Waals surface area contributed by atoms with Crippen molar-refractivity contribution in [3.05, 3.63) is 59.6 Å². The molecule has 0 bridgehead atoms. The van der Waals surface area contributed by atoms with Crippen LogP contribution in [0.15, 0.2) is 54.6 Å². The fraction of sp³-hybridized carbons (Fsp3) is 0.360. The molecule has 0 spiro atoms. The Balaban J connectivity index is 1.53. The van der Waals surface area contributed by atoms with Crippen LogP contribution in [-0.4, -0.2) is 48.8 Å². The van der Waals surface area contributed by atoms with Gasteiger partial charge in [-0.3, -0.25) is 4.79 Å². The largest absolute Gasteiger partial charge is 0.493 e. The molecule has 2 aromatic carbocycles. The van der Waals surface area contributed by atoms with Gasteiger partial charge in [0.2, 0.25) is 0 Å². The summed E-state index contributed by atoms with van der Waals surface area (Å²) in [6.07, 6.45) is 0.435. The maximum Gasteiger partial charge on any atom is 0.263 e. The summed E-state index contributed by atoms with van der Waals surface area (Å²) in [4.78, 5) is 12.7. The Labute approximate surface area is 210 Å². The second-order valence-corrected chi connectivity index (χ2v) is 11.5. The third kappa shape index (κ3) is 6.55. The Hall–Kier alpha value is -3.04. The number of aromatic nitrogens is 2. The number of nitrogens with one attached hydrogen (secondary N) is 1. The summed E-state index contributed by atoms with van der Waals surface area (Å²) in [6, 6.07) is 15.8. The van der Waals surface area contributed by atoms with E-state index in [1.807, 2.05) is 24.3 Å². The van der Waals surface area contributed by atoms with Crippen molar-refractivity contribution in [3.8, 4) is 22.8 Å². The van der Waals surface area contributed by atoms with Gasteiger partial charge in [-0.1, -0.05) is 37.6 Å². The van der Waals surface area contributed by atoms with Crippen LogP contribution in [0.5, 0.6) is 11.5 Å². The van der Waals surface area contributed by atoms with Gasteiger partial charge in [0.1, 0.15) is 17.3 Å². The van der Waals surface area contributed by atoms with Crippen LogP contribution >= 0.6 is 11.6 Å². The zero-order chi connectivity index (χ0) is 25.0. The maximum atomic E-state index is 12.7. The summed E-state index contributed by atoms with van der Waals surface area (Å²) < 4.78 is 37.0. The first-order valence-electron chi connectivity index (χ1n) is 11.4. The van der Waals surface area contributed by atoms with E-state index in [0.717, 1.165) is 11.3 Å². The molecule has 3 aromatic rings. The highest BCUT2D eigenvalue weighted by Crippen LogP contribution is 2.31. The van der Waals surface area contributed by atoms with E-state index < -0.39 is 15.7 Å². The van der Waals surface area contributed by atoms with Crippen LogP contribution in [0.4, 0.5) is 5.82 Å². The van der Waals surface area contributed by atoms with E-state index in [0.29, 0.717) is 41.2 Å². The molecule has 0 radical (unpaired) electrons. The quantitative estimate of drug-likeness (QED) is 0.445. The molecule has 1 atom stereocenters. The lowest BCUT2D eigenvalue weighted by Gasteiger charge is -2.14. The smallest absolute Gasteiger partial charge is 0.263 e. The van der Waals surface area contributed by atoms with Gasteiger partial charge in [-0.05, 0) is 48.7 Å². The van der Waals surface area contributed by atoms with E-state index in [-0.39, 0.29) is 24.2 Å². The summed E-state index contributed by atoms with van der Waals surface area (Å²) in [5, 5.41) is 7.87. The normalized spacial score (nSPS) is 16.9. The van der Waals surface area contributed by atoms with Crippen LogP contribution in [0.1, 0.15) is 26.3 Å². The molecule has 0 aliphatic carbocycles. The highest BCUT2D eigenvalue weighted by molar-refractivity contribution is 7.91. The lowest BCUT2D eigenvalue weighted by atomic mass is 10.1. The van der Waals surface area contributed by atoms with Crippen molar-refractivity contribution >= 4 is 33.2 Å². The number of para-hydroxylation sites is 1. The summed E-state index contributed by atoms with van der Waals surface area (Å²) >= 11 is 6.09. The van der Waals surface area contributed by atoms with Crippen molar-refractivity contribution in [2.45, 2.75) is 26.3 Å². The number of nitrogens with zero attached hydrogens (tertiary/aromatic N) is 2. The number of rotatable bonds is 9. The first kappa shape index (κ1) is 25.1. The average molecular weight is 518 g/mol. The first-order valence-corrected chi connectivity index (χ1v) is 13.6. The lowest BCUT2D eigenvalue weighted by molar-refractivity contribution is -0.118. The molecule has 8 nitrogen and oxygen atoms in total. The number of carbonyl (C=O) groups excluding carboxylic acids is 1. The summed E-state index contributed by atoms with van der Waals surface area (Å²) in [5.74, 6) is 1.66. The number of amides is 1. The van der Waals surface area contributed by atoms with Crippen molar-refractivity contribution < 1.29 is 22.7 Å². The molecular weight excluding hydrogens is 490 g/mol. The van der Waals surface area contributed by atoms with Gasteiger partial charge in [-0.25, -0.2) is 13.1 Å². The minimum Gasteiger partial charge on any atom is -0.493 e. The number of carbonyl (C=O) groups is 1. The Bertz CT molecular complexity index is 1290. The van der Waals surface area contributed by atoms with Crippen LogP contribution in [0.2, 0.25) is 5.02 Å². The fourth-order valence-corrected chi connectivity index (χ4v) is 5.63. The van der Waals surface area contributed by atoms with E-state index in [2.05, 4.69) is 24.3 Å². The van der Waals surface area contributed by atoms with Crippen molar-refractivity contribution in [2.75, 3.05) is 30.0 Å². The Morgan fingerprint density at radius 1 is 1.17 bits per heavy atom. The molecular formula is C25H28ClN3O5S. The predicted octanol–water partition coefficient (Wildman–Crippen LogP) is 4.62. The van der Waals surface area contributed by atoms with Crippen LogP contribution in [-0.2, 0) is 14.6 Å². The monoisotopic (exact) mass is 517 g/mol. The number of sulfone groups is 1. The summed E-state index contributed by atoms with van der Waals surface area (Å²) in [7, 11) is -3.14. The van der Waals surface area contributed by atoms with Crippen LogP contribution in [0, 0.1) is 5.92 Å². The maximum absolute atomic E-state index is 12.7. The highest BCUT2D eigenvalue weighted by atomic mass is 35.5. The zero-order valence-electron chi connectivity index (χ0n) is 19.6. The Kier molecular flexibility index (Phi) is 7.66. The van der Waals surface area contributed by atoms with Gasteiger partial charge < -0.3 is 14.8 Å². The SMILES string of the molecule is CC(C)COc1ccc(-c2cc(NC(=O)COc3ccccc3Cl)n(C3CCS(=O)(=O)C3)n2)cc1. The molecule has 35 heavy (non-hydrogen) atoms. The van der Waals surface area contributed by atoms with Gasteiger partial charge in [0.25, 0.3) is 5.91 Å². The first-order chi connectivity index (χ1) is 16.7. The highest BCUT2D eigenvalue weighted by Gasteiger charge is 2.32. The summed E-state index contributed by atoms with van der Waals surface area (Å²) in [6.45, 7) is 4.53. The van der Waals surface area contributed by atoms with Crippen molar-refractivity contribution in [1.82, 2.24) is 9.78 Å². The van der Waals surface area contributed by atoms with Gasteiger partial charge in [0.15, 0.2) is 16.4 Å². The van der Waals surface area contributed by atoms with Gasteiger partial charge >= 0.3 is 0 Å². The molecule has 1 aliphatic heterocycles. The second kappa shape index (κ2) is 10.7. The molecule has 1 unspecified atom stereocenters. The topological polar surface area (TPSA) is 99.5 Å². The third-order valence-electron chi connectivity index (χ3n) is 5.49. The van der Waals surface area contributed by atoms with E-state index in [4.69, 9.17) is 21.1 Å². The standard InChI is InChI=1S/C25H28ClN3O5S/c1-17(2)14-33-20-9-7-18(8-10-20)22-13-24(29(28-22)19-11-12-35(31,32)16-19)27-25(30)15-34-23-6-4-3-5-21(23)26/h3-10,13,17,19H,11-12,14-16H2,1-2H3,(H,27,30). The molecule has 2 heterocycles. The minimum absolute atomic E-state index is 0.0188. The van der Waals surface area contributed by atoms with E-state index in [9.17, 15) is 13.2 Å². The number of hydrogen-bond donors (Lipinski definition) is 1. The zero-order valence-corrected chi connectivity index (χ0v) is 21.2.